The van der Waals surface area contributed by atoms with Crippen LogP contribution in [-0.4, -0.2) is 162 Å². The summed E-state index contributed by atoms with van der Waals surface area (Å²) in [6.45, 7) is 6.69. The van der Waals surface area contributed by atoms with Crippen LogP contribution in [0.25, 0.3) is 22.0 Å². The highest BCUT2D eigenvalue weighted by Crippen LogP contribution is 2.61. The molecule has 1 aliphatic carbocycles. The Morgan fingerprint density at radius 1 is 0.865 bits per heavy atom. The van der Waals surface area contributed by atoms with E-state index in [2.05, 4.69) is 68.9 Å². The molecular formula is C50H66BrN11O12. The van der Waals surface area contributed by atoms with Crippen LogP contribution in [0.4, 0.5) is 5.82 Å². The van der Waals surface area contributed by atoms with Gasteiger partial charge >= 0.3 is 5.97 Å². The molecule has 24 heteroatoms. The zero-order chi connectivity index (χ0) is 53.2. The largest absolute Gasteiger partial charge is 0.468 e. The fourth-order valence-corrected chi connectivity index (χ4v) is 9.11. The van der Waals surface area contributed by atoms with Crippen LogP contribution in [0.3, 0.4) is 0 Å². The Morgan fingerprint density at radius 3 is 2.19 bits per heavy atom. The van der Waals surface area contributed by atoms with E-state index >= 15 is 0 Å². The van der Waals surface area contributed by atoms with Crippen molar-refractivity contribution >= 4 is 73.9 Å². The van der Waals surface area contributed by atoms with Crippen molar-refractivity contribution in [2.75, 3.05) is 78.4 Å². The molecule has 1 saturated heterocycles. The number of piperidine rings is 1. The maximum Gasteiger partial charge on any atom is 0.322 e. The number of methoxy groups -OCH3 is 1. The van der Waals surface area contributed by atoms with E-state index in [1.165, 1.54) is 14.0 Å². The predicted molar refractivity (Wildman–Crippen MR) is 272 cm³/mol. The number of likely N-dealkylation sites (tertiary alicyclic amines) is 1. The number of nitrogens with one attached hydrogen (secondary N) is 4. The van der Waals surface area contributed by atoms with Crippen molar-refractivity contribution in [1.82, 2.24) is 45.6 Å². The monoisotopic (exact) mass is 1090 g/mol. The topological polar surface area (TPSA) is 300 Å². The summed E-state index contributed by atoms with van der Waals surface area (Å²) in [6.07, 6.45) is 7.60. The number of anilines is 1. The van der Waals surface area contributed by atoms with Crippen molar-refractivity contribution in [3.8, 4) is 11.1 Å². The van der Waals surface area contributed by atoms with Crippen molar-refractivity contribution < 1.29 is 57.2 Å². The van der Waals surface area contributed by atoms with Gasteiger partial charge in [0.2, 0.25) is 29.5 Å². The van der Waals surface area contributed by atoms with Gasteiger partial charge in [0.1, 0.15) is 53.8 Å². The second-order valence-corrected chi connectivity index (χ2v) is 18.9. The van der Waals surface area contributed by atoms with Gasteiger partial charge in [-0.2, -0.15) is 5.10 Å². The average molecular weight is 1090 g/mol. The molecule has 5 amide bonds. The van der Waals surface area contributed by atoms with Crippen LogP contribution in [0.1, 0.15) is 80.7 Å². The highest BCUT2D eigenvalue weighted by Gasteiger charge is 2.67. The molecule has 2 aliphatic rings. The first-order valence-corrected chi connectivity index (χ1v) is 25.5. The molecule has 1 aromatic carbocycles. The number of nitrogens with two attached hydrogens (primary N) is 1. The number of halogens is 1. The summed E-state index contributed by atoms with van der Waals surface area (Å²) in [5.41, 5.74) is 8.20. The van der Waals surface area contributed by atoms with Crippen LogP contribution in [0.15, 0.2) is 47.3 Å². The number of benzene rings is 1. The number of ketones is 1. The molecule has 0 spiro atoms. The number of hydrogen-bond acceptors (Lipinski definition) is 17. The highest BCUT2D eigenvalue weighted by molar-refractivity contribution is 9.10. The molecule has 6 rings (SSSR count). The lowest BCUT2D eigenvalue weighted by molar-refractivity contribution is -0.142. The van der Waals surface area contributed by atoms with Gasteiger partial charge in [0.15, 0.2) is 5.78 Å². The van der Waals surface area contributed by atoms with Gasteiger partial charge in [-0.05, 0) is 83.8 Å². The number of amides is 5. The summed E-state index contributed by atoms with van der Waals surface area (Å²) < 4.78 is 28.2. The Kier molecular flexibility index (Phi) is 21.4. The van der Waals surface area contributed by atoms with Crippen LogP contribution >= 0.6 is 15.9 Å². The molecule has 74 heavy (non-hydrogen) atoms. The SMILES string of the molecule is CCCC[C@@]12C[C@@H]1C[C@@H](C(=O)Nc1nc(Br)ccc1C)N2C(=O)Cn1nc(C(C)=O)c2cc(-c3cnc(CNC(=O)COCCOCCNC(=O)COCCOCCNC(=O)CC[C@H](N)C(=O)OC)nc3)ccc21. The number of carbonyl (C=O) groups excluding carboxylic acids is 7. The van der Waals surface area contributed by atoms with Gasteiger partial charge in [0.05, 0.1) is 58.8 Å². The summed E-state index contributed by atoms with van der Waals surface area (Å²) in [5.74, 6) is -1.28. The van der Waals surface area contributed by atoms with Crippen molar-refractivity contribution in [3.63, 3.8) is 0 Å². The highest BCUT2D eigenvalue weighted by atomic mass is 79.9. The number of nitrogens with zero attached hydrogens (tertiary/aromatic N) is 6. The van der Waals surface area contributed by atoms with E-state index in [-0.39, 0.29) is 139 Å². The average Bonchev–Trinajstić information content (AvgIpc) is 3.81. The third-order valence-electron chi connectivity index (χ3n) is 12.7. The van der Waals surface area contributed by atoms with Crippen LogP contribution in [0.5, 0.6) is 0 Å². The maximum absolute atomic E-state index is 14.5. The molecule has 4 heterocycles. The van der Waals surface area contributed by atoms with Gasteiger partial charge in [-0.1, -0.05) is 31.9 Å². The molecule has 0 unspecified atom stereocenters. The standard InChI is InChI=1S/C50H66BrN11O12/c1-5-6-13-50-24-35(50)23-39(48(68)59-47-31(2)7-11-40(51)58-47)62(50)45(67)28-61-38-10-8-33(22-36(38)46(60-61)32(3)63)34-25-55-41(56-26-34)27-57-44(66)30-74-21-19-72-17-15-54-43(65)29-73-20-18-71-16-14-53-42(64)12-9-37(52)49(69)70-4/h7-8,10-11,22,25-26,35,37,39H,5-6,9,12-21,23-24,27-30,52H2,1-4H3,(H,53,64)(H,54,65)(H,57,66)(H,58,59,68)/t35-,37-,39-,50+/m0/s1. The quantitative estimate of drug-likeness (QED) is 0.0209. The Balaban J connectivity index is 0.875. The van der Waals surface area contributed by atoms with Gasteiger partial charge in [0.25, 0.3) is 0 Å². The summed E-state index contributed by atoms with van der Waals surface area (Å²) >= 11 is 3.38. The first-order chi connectivity index (χ1) is 35.6. The Labute approximate surface area is 437 Å². The van der Waals surface area contributed by atoms with Crippen LogP contribution in [0, 0.1) is 12.8 Å². The number of Topliss-reactive ketones (excluding diaryl/α,β-unsaturated/α-hetero) is 1. The Hall–Kier alpha value is -6.31. The van der Waals surface area contributed by atoms with E-state index in [0.717, 1.165) is 36.8 Å². The van der Waals surface area contributed by atoms with E-state index in [1.54, 1.807) is 28.0 Å². The minimum absolute atomic E-state index is 0.0576. The zero-order valence-corrected chi connectivity index (χ0v) is 43.8. The van der Waals surface area contributed by atoms with Gasteiger partial charge in [-0.25, -0.2) is 15.0 Å². The van der Waals surface area contributed by atoms with Gasteiger partial charge in [-0.15, -0.1) is 0 Å². The number of aromatic nitrogens is 5. The van der Waals surface area contributed by atoms with E-state index < -0.39 is 23.6 Å². The molecule has 1 saturated carbocycles. The molecule has 0 radical (unpaired) electrons. The van der Waals surface area contributed by atoms with Gasteiger partial charge in [-0.3, -0.25) is 38.2 Å². The number of pyridine rings is 1. The number of carbonyl (C=O) groups is 7. The molecule has 4 aromatic rings. The minimum Gasteiger partial charge on any atom is -0.468 e. The molecule has 0 bridgehead atoms. The Morgan fingerprint density at radius 2 is 1.53 bits per heavy atom. The smallest absolute Gasteiger partial charge is 0.322 e. The summed E-state index contributed by atoms with van der Waals surface area (Å²) in [5, 5.41) is 16.2. The lowest BCUT2D eigenvalue weighted by Crippen LogP contribution is -2.51. The summed E-state index contributed by atoms with van der Waals surface area (Å²) in [6, 6.07) is 7.62. The normalized spacial score (nSPS) is 17.1. The van der Waals surface area contributed by atoms with Crippen LogP contribution in [0.2, 0.25) is 0 Å². The van der Waals surface area contributed by atoms with Crippen LogP contribution in [-0.2, 0) is 65.5 Å². The van der Waals surface area contributed by atoms with E-state index in [0.29, 0.717) is 39.1 Å². The molecule has 4 atom stereocenters. The van der Waals surface area contributed by atoms with Crippen molar-refractivity contribution in [2.24, 2.45) is 11.7 Å². The number of fused-ring (bicyclic) bond motifs is 2. The van der Waals surface area contributed by atoms with E-state index in [1.807, 2.05) is 31.2 Å². The molecule has 6 N–H and O–H groups in total. The molecule has 400 valence electrons. The minimum atomic E-state index is -0.848. The first-order valence-electron chi connectivity index (χ1n) is 24.7. The number of rotatable bonds is 31. The number of hydrogen-bond donors (Lipinski definition) is 5. The van der Waals surface area contributed by atoms with Crippen molar-refractivity contribution in [2.45, 2.75) is 96.4 Å². The molecule has 3 aromatic heterocycles. The van der Waals surface area contributed by atoms with Crippen molar-refractivity contribution in [3.05, 3.63) is 64.4 Å². The molecular weight excluding hydrogens is 1030 g/mol. The Bertz CT molecular complexity index is 2620. The van der Waals surface area contributed by atoms with Crippen molar-refractivity contribution in [1.29, 1.82) is 0 Å². The summed E-state index contributed by atoms with van der Waals surface area (Å²) in [4.78, 5) is 104. The second-order valence-electron chi connectivity index (χ2n) is 18.1. The number of aryl methyl sites for hydroxylation is 1. The number of ether oxygens (including phenoxy) is 5. The fraction of sp³-hybridized carbons (Fsp3) is 0.540. The number of esters is 1. The maximum atomic E-state index is 14.5. The number of unbranched alkanes of at least 4 members (excludes halogenated alkanes) is 1. The zero-order valence-electron chi connectivity index (χ0n) is 42.2. The third-order valence-corrected chi connectivity index (χ3v) is 13.2. The molecule has 1 aliphatic heterocycles. The fourth-order valence-electron chi connectivity index (χ4n) is 8.80. The molecule has 2 fully saturated rings. The van der Waals surface area contributed by atoms with Crippen LogP contribution < -0.4 is 27.0 Å². The lowest BCUT2D eigenvalue weighted by Gasteiger charge is -2.34. The van der Waals surface area contributed by atoms with E-state index in [4.69, 9.17) is 24.7 Å². The first kappa shape index (κ1) is 57.0. The predicted octanol–water partition coefficient (Wildman–Crippen LogP) is 2.55. The van der Waals surface area contributed by atoms with E-state index in [9.17, 15) is 33.6 Å². The summed E-state index contributed by atoms with van der Waals surface area (Å²) in [7, 11) is 1.23. The second kappa shape index (κ2) is 27.8. The van der Waals surface area contributed by atoms with Gasteiger partial charge in [0, 0.05) is 55.3 Å². The lowest BCUT2D eigenvalue weighted by atomic mass is 10.0. The third kappa shape index (κ3) is 15.9. The van der Waals surface area contributed by atoms with Gasteiger partial charge < -0.3 is 55.6 Å². The molecule has 23 nitrogen and oxygen atoms in total.